The third-order valence-electron chi connectivity index (χ3n) is 2.93. The zero-order chi connectivity index (χ0) is 11.4. The molecule has 1 N–H and O–H groups in total. The van der Waals surface area contributed by atoms with E-state index in [2.05, 4.69) is 5.32 Å². The van der Waals surface area contributed by atoms with Gasteiger partial charge in [-0.05, 0) is 19.9 Å². The summed E-state index contributed by atoms with van der Waals surface area (Å²) in [6.45, 7) is 1.56. The van der Waals surface area contributed by atoms with Crippen molar-refractivity contribution in [2.24, 2.45) is 0 Å². The van der Waals surface area contributed by atoms with E-state index in [0.29, 0.717) is 5.70 Å². The molecule has 1 aliphatic rings. The predicted octanol–water partition coefficient (Wildman–Crippen LogP) is 0.340. The molecular weight excluding hydrogens is 192 g/mol. The number of likely N-dealkylation sites (N-methyl/N-ethyl adjacent to an activating group) is 2. The minimum Gasteiger partial charge on any atom is -0.367 e. The molecule has 0 saturated carbocycles. The van der Waals surface area contributed by atoms with Crippen LogP contribution in [0.25, 0.3) is 0 Å². The fourth-order valence-electron chi connectivity index (χ4n) is 2.07. The number of ketones is 1. The summed E-state index contributed by atoms with van der Waals surface area (Å²) in [5, 5.41) is 2.96. The Morgan fingerprint density at radius 2 is 2.40 bits per heavy atom. The zero-order valence-corrected chi connectivity index (χ0v) is 9.49. The molecule has 1 aliphatic heterocycles. The smallest absolute Gasteiger partial charge is 0.175 e. The molecule has 0 amide bonds. The van der Waals surface area contributed by atoms with Gasteiger partial charge in [-0.15, -0.1) is 0 Å². The summed E-state index contributed by atoms with van der Waals surface area (Å²) in [5.41, 5.74) is 0.716. The van der Waals surface area contributed by atoms with Gasteiger partial charge in [-0.3, -0.25) is 4.79 Å². The van der Waals surface area contributed by atoms with Crippen molar-refractivity contribution in [3.8, 4) is 0 Å². The third-order valence-corrected chi connectivity index (χ3v) is 2.93. The van der Waals surface area contributed by atoms with Crippen molar-refractivity contribution < 1.29 is 9.59 Å². The van der Waals surface area contributed by atoms with Crippen LogP contribution in [0.1, 0.15) is 19.8 Å². The molecule has 0 aromatic carbocycles. The van der Waals surface area contributed by atoms with E-state index in [1.165, 1.54) is 0 Å². The lowest BCUT2D eigenvalue weighted by atomic mass is 9.96. The van der Waals surface area contributed by atoms with Crippen LogP contribution in [-0.4, -0.2) is 43.1 Å². The Morgan fingerprint density at radius 1 is 1.73 bits per heavy atom. The van der Waals surface area contributed by atoms with Crippen LogP contribution >= 0.6 is 0 Å². The maximum atomic E-state index is 11.3. The van der Waals surface area contributed by atoms with E-state index >= 15 is 0 Å². The minimum absolute atomic E-state index is 0.0583. The molecule has 0 spiro atoms. The lowest BCUT2D eigenvalue weighted by Crippen LogP contribution is -2.50. The first-order valence-corrected chi connectivity index (χ1v) is 5.18. The van der Waals surface area contributed by atoms with Crippen LogP contribution in [0.4, 0.5) is 0 Å². The van der Waals surface area contributed by atoms with Crippen molar-refractivity contribution >= 4 is 12.1 Å². The molecule has 2 unspecified atom stereocenters. The van der Waals surface area contributed by atoms with E-state index in [0.717, 1.165) is 19.1 Å². The summed E-state index contributed by atoms with van der Waals surface area (Å²) in [7, 11) is 3.63. The van der Waals surface area contributed by atoms with Gasteiger partial charge in [-0.2, -0.15) is 0 Å². The summed E-state index contributed by atoms with van der Waals surface area (Å²) in [5.74, 6) is 0.0583. The highest BCUT2D eigenvalue weighted by atomic mass is 16.1. The first kappa shape index (κ1) is 11.9. The highest BCUT2D eigenvalue weighted by molar-refractivity contribution is 5.92. The van der Waals surface area contributed by atoms with Crippen LogP contribution in [0.5, 0.6) is 0 Å². The molecule has 84 valence electrons. The second kappa shape index (κ2) is 5.07. The number of nitrogens with one attached hydrogen (secondary N) is 1. The summed E-state index contributed by atoms with van der Waals surface area (Å²) in [4.78, 5) is 24.1. The van der Waals surface area contributed by atoms with Gasteiger partial charge in [0, 0.05) is 14.0 Å². The van der Waals surface area contributed by atoms with Crippen LogP contribution in [0.2, 0.25) is 0 Å². The molecule has 0 aromatic rings. The minimum atomic E-state index is -0.210. The molecule has 15 heavy (non-hydrogen) atoms. The molecular formula is C11H18N2O2. The van der Waals surface area contributed by atoms with Crippen molar-refractivity contribution in [1.29, 1.82) is 0 Å². The van der Waals surface area contributed by atoms with Gasteiger partial charge in [0.25, 0.3) is 0 Å². The average molecular weight is 210 g/mol. The number of hydrogen-bond acceptors (Lipinski definition) is 4. The second-order valence-electron chi connectivity index (χ2n) is 3.85. The van der Waals surface area contributed by atoms with Crippen molar-refractivity contribution in [2.45, 2.75) is 31.8 Å². The van der Waals surface area contributed by atoms with Gasteiger partial charge in [0.1, 0.15) is 6.29 Å². The molecule has 1 heterocycles. The molecule has 1 rings (SSSR count). The summed E-state index contributed by atoms with van der Waals surface area (Å²) >= 11 is 0. The van der Waals surface area contributed by atoms with E-state index in [9.17, 15) is 9.59 Å². The number of nitrogens with zero attached hydrogens (tertiary/aromatic N) is 1. The highest BCUT2D eigenvalue weighted by Crippen LogP contribution is 2.21. The fraction of sp³-hybridized carbons (Fsp3) is 0.636. The molecule has 0 bridgehead atoms. The van der Waals surface area contributed by atoms with E-state index in [1.807, 2.05) is 18.0 Å². The van der Waals surface area contributed by atoms with Crippen molar-refractivity contribution in [2.75, 3.05) is 14.1 Å². The quantitative estimate of drug-likeness (QED) is 0.680. The van der Waals surface area contributed by atoms with E-state index in [4.69, 9.17) is 0 Å². The Labute approximate surface area is 90.3 Å². The first-order valence-electron chi connectivity index (χ1n) is 5.18. The van der Waals surface area contributed by atoms with Gasteiger partial charge in [-0.1, -0.05) is 6.08 Å². The Morgan fingerprint density at radius 3 is 2.87 bits per heavy atom. The standard InChI is InChI=1S/C11H18N2O2/c1-8(15)10-5-4-6-11(13(10)3)9(7-14)12-2/h5,7,9,11-12H,4,6H2,1-3H3. The number of Topliss-reactive ketones (excluding diaryl/α,β-unsaturated/α-hetero) is 1. The largest absolute Gasteiger partial charge is 0.367 e. The maximum absolute atomic E-state index is 11.3. The Hall–Kier alpha value is -1.16. The summed E-state index contributed by atoms with van der Waals surface area (Å²) < 4.78 is 0. The van der Waals surface area contributed by atoms with Crippen LogP contribution in [0, 0.1) is 0 Å². The molecule has 4 nitrogen and oxygen atoms in total. The highest BCUT2D eigenvalue weighted by Gasteiger charge is 2.28. The van der Waals surface area contributed by atoms with Gasteiger partial charge in [0.2, 0.25) is 0 Å². The fourth-order valence-corrected chi connectivity index (χ4v) is 2.07. The van der Waals surface area contributed by atoms with Gasteiger partial charge in [0.05, 0.1) is 17.8 Å². The Bertz CT molecular complexity index is 286. The monoisotopic (exact) mass is 210 g/mol. The SMILES string of the molecule is CNC(C=O)C1CCC=C(C(C)=O)N1C. The third kappa shape index (κ3) is 2.45. The Kier molecular flexibility index (Phi) is 4.03. The second-order valence-corrected chi connectivity index (χ2v) is 3.85. The van der Waals surface area contributed by atoms with Gasteiger partial charge >= 0.3 is 0 Å². The molecule has 0 aromatic heterocycles. The first-order chi connectivity index (χ1) is 7.11. The predicted molar refractivity (Wildman–Crippen MR) is 58.5 cm³/mol. The molecule has 0 aliphatic carbocycles. The molecule has 2 atom stereocenters. The number of allylic oxidation sites excluding steroid dienone is 2. The summed E-state index contributed by atoms with van der Waals surface area (Å²) in [6, 6.07) is -0.130. The average Bonchev–Trinajstić information content (AvgIpc) is 2.21. The number of carbonyl (C=O) groups excluding carboxylic acids is 2. The Balaban J connectivity index is 2.83. The zero-order valence-electron chi connectivity index (χ0n) is 9.49. The lowest BCUT2D eigenvalue weighted by Gasteiger charge is -2.37. The van der Waals surface area contributed by atoms with E-state index in [-0.39, 0.29) is 17.9 Å². The van der Waals surface area contributed by atoms with Crippen molar-refractivity contribution in [3.05, 3.63) is 11.8 Å². The number of rotatable bonds is 4. The maximum Gasteiger partial charge on any atom is 0.175 e. The molecule has 0 fully saturated rings. The van der Waals surface area contributed by atoms with Crippen molar-refractivity contribution in [3.63, 3.8) is 0 Å². The normalized spacial score (nSPS) is 23.3. The lowest BCUT2D eigenvalue weighted by molar-refractivity contribution is -0.116. The van der Waals surface area contributed by atoms with Crippen LogP contribution in [0.3, 0.4) is 0 Å². The molecule has 4 heteroatoms. The van der Waals surface area contributed by atoms with Gasteiger partial charge in [0.15, 0.2) is 5.78 Å². The van der Waals surface area contributed by atoms with Crippen LogP contribution < -0.4 is 5.32 Å². The van der Waals surface area contributed by atoms with Crippen molar-refractivity contribution in [1.82, 2.24) is 10.2 Å². The van der Waals surface area contributed by atoms with Crippen LogP contribution in [0.15, 0.2) is 11.8 Å². The van der Waals surface area contributed by atoms with Gasteiger partial charge in [-0.25, -0.2) is 0 Å². The topological polar surface area (TPSA) is 49.4 Å². The van der Waals surface area contributed by atoms with E-state index < -0.39 is 0 Å². The number of carbonyl (C=O) groups is 2. The molecule has 0 saturated heterocycles. The number of aldehydes is 1. The van der Waals surface area contributed by atoms with Crippen LogP contribution in [-0.2, 0) is 9.59 Å². The number of hydrogen-bond donors (Lipinski definition) is 1. The van der Waals surface area contributed by atoms with E-state index in [1.54, 1.807) is 14.0 Å². The molecule has 0 radical (unpaired) electrons. The summed E-state index contributed by atoms with van der Waals surface area (Å²) in [6.07, 6.45) is 4.61. The van der Waals surface area contributed by atoms with Gasteiger partial charge < -0.3 is 15.0 Å².